The van der Waals surface area contributed by atoms with Gasteiger partial charge in [-0.15, -0.1) is 11.8 Å². The van der Waals surface area contributed by atoms with E-state index in [0.717, 1.165) is 16.7 Å². The molecule has 30 heavy (non-hydrogen) atoms. The third-order valence-electron chi connectivity index (χ3n) is 4.89. The second-order valence-electron chi connectivity index (χ2n) is 6.90. The lowest BCUT2D eigenvalue weighted by Crippen LogP contribution is -2.26. The van der Waals surface area contributed by atoms with Crippen LogP contribution in [0.4, 0.5) is 0 Å². The molecule has 0 aliphatic rings. The van der Waals surface area contributed by atoms with E-state index >= 15 is 0 Å². The lowest BCUT2D eigenvalue weighted by Gasteiger charge is -2.35. The van der Waals surface area contributed by atoms with Gasteiger partial charge < -0.3 is 4.74 Å². The first kappa shape index (κ1) is 21.8. The molecule has 4 heteroatoms. The van der Waals surface area contributed by atoms with Gasteiger partial charge in [-0.2, -0.15) is 0 Å². The summed E-state index contributed by atoms with van der Waals surface area (Å²) in [7, 11) is 0. The number of benzene rings is 3. The van der Waals surface area contributed by atoms with Gasteiger partial charge in [0.05, 0.1) is 11.4 Å². The molecule has 0 saturated carbocycles. The molecule has 3 aromatic rings. The average molecular weight is 419 g/mol. The largest absolute Gasteiger partial charge is 0.466 e. The predicted octanol–water partition coefficient (Wildman–Crippen LogP) is 5.62. The number of ketones is 1. The van der Waals surface area contributed by atoms with Gasteiger partial charge in [0, 0.05) is 12.2 Å². The van der Waals surface area contributed by atoms with Crippen molar-refractivity contribution in [3.63, 3.8) is 0 Å². The highest BCUT2D eigenvalue weighted by molar-refractivity contribution is 8.00. The van der Waals surface area contributed by atoms with Crippen LogP contribution in [0.1, 0.15) is 36.5 Å². The molecule has 0 aliphatic heterocycles. The van der Waals surface area contributed by atoms with E-state index in [1.807, 2.05) is 54.6 Å². The van der Waals surface area contributed by atoms with Crippen molar-refractivity contribution in [2.75, 3.05) is 12.4 Å². The maximum Gasteiger partial charge on any atom is 0.313 e. The van der Waals surface area contributed by atoms with Crippen LogP contribution in [-0.2, 0) is 19.1 Å². The Labute approximate surface area is 182 Å². The van der Waals surface area contributed by atoms with Gasteiger partial charge in [-0.05, 0) is 23.6 Å². The number of rotatable bonds is 10. The van der Waals surface area contributed by atoms with E-state index < -0.39 is 10.7 Å². The summed E-state index contributed by atoms with van der Waals surface area (Å²) in [6.07, 6.45) is 0.154. The molecule has 154 valence electrons. The summed E-state index contributed by atoms with van der Waals surface area (Å²) < 4.78 is 4.45. The van der Waals surface area contributed by atoms with Crippen molar-refractivity contribution >= 4 is 23.5 Å². The van der Waals surface area contributed by atoms with Gasteiger partial charge in [0.15, 0.2) is 0 Å². The lowest BCUT2D eigenvalue weighted by atomic mass is 9.84. The predicted molar refractivity (Wildman–Crippen MR) is 123 cm³/mol. The third-order valence-corrected chi connectivity index (χ3v) is 6.44. The van der Waals surface area contributed by atoms with Crippen LogP contribution in [0.25, 0.3) is 0 Å². The normalized spacial score (nSPS) is 11.1. The zero-order valence-corrected chi connectivity index (χ0v) is 17.9. The summed E-state index contributed by atoms with van der Waals surface area (Å²) >= 11 is 1.72. The number of thioether (sulfide) groups is 1. The smallest absolute Gasteiger partial charge is 0.313 e. The zero-order chi connectivity index (χ0) is 21.2. The summed E-state index contributed by atoms with van der Waals surface area (Å²) in [5, 5.41) is 0. The molecule has 0 N–H and O–H groups in total. The van der Waals surface area contributed by atoms with Crippen LogP contribution in [0, 0.1) is 0 Å². The monoisotopic (exact) mass is 418 g/mol. The molecule has 0 spiro atoms. The van der Waals surface area contributed by atoms with Crippen molar-refractivity contribution in [2.45, 2.75) is 24.5 Å². The Morgan fingerprint density at radius 2 is 1.20 bits per heavy atom. The Hall–Kier alpha value is -2.85. The Bertz CT molecular complexity index is 843. The van der Waals surface area contributed by atoms with Crippen LogP contribution >= 0.6 is 11.8 Å². The Morgan fingerprint density at radius 1 is 0.767 bits per heavy atom. The minimum atomic E-state index is -0.451. The molecule has 0 bridgehead atoms. The second kappa shape index (κ2) is 10.8. The molecule has 0 fully saturated rings. The first-order valence-electron chi connectivity index (χ1n) is 10.1. The van der Waals surface area contributed by atoms with E-state index in [9.17, 15) is 9.59 Å². The van der Waals surface area contributed by atoms with Gasteiger partial charge in [0.25, 0.3) is 0 Å². The average Bonchev–Trinajstić information content (AvgIpc) is 2.79. The van der Waals surface area contributed by atoms with Crippen LogP contribution in [-0.4, -0.2) is 24.1 Å². The third kappa shape index (κ3) is 5.19. The molecule has 3 rings (SSSR count). The molecular weight excluding hydrogens is 392 g/mol. The number of hydrogen-bond donors (Lipinski definition) is 0. The van der Waals surface area contributed by atoms with Gasteiger partial charge in [0.2, 0.25) is 0 Å². The molecule has 0 radical (unpaired) electrons. The van der Waals surface area contributed by atoms with E-state index in [1.165, 1.54) is 0 Å². The van der Waals surface area contributed by atoms with Crippen molar-refractivity contribution in [1.29, 1.82) is 0 Å². The highest BCUT2D eigenvalue weighted by Gasteiger charge is 2.36. The van der Waals surface area contributed by atoms with Crippen molar-refractivity contribution in [1.82, 2.24) is 0 Å². The van der Waals surface area contributed by atoms with Crippen LogP contribution < -0.4 is 0 Å². The fourth-order valence-electron chi connectivity index (χ4n) is 3.55. The topological polar surface area (TPSA) is 43.4 Å². The minimum Gasteiger partial charge on any atom is -0.466 e. The quantitative estimate of drug-likeness (QED) is 0.243. The SMILES string of the molecule is CCOC(=O)CC(=O)CCSC(c1ccccc1)(c1ccccc1)c1ccccc1. The zero-order valence-electron chi connectivity index (χ0n) is 17.1. The summed E-state index contributed by atoms with van der Waals surface area (Å²) in [5.41, 5.74) is 3.47. The molecule has 0 saturated heterocycles. The number of Topliss-reactive ketones (excluding diaryl/α,β-unsaturated/α-hetero) is 1. The Balaban J connectivity index is 1.94. The number of ether oxygens (including phenoxy) is 1. The Morgan fingerprint density at radius 3 is 1.60 bits per heavy atom. The van der Waals surface area contributed by atoms with Gasteiger partial charge >= 0.3 is 5.97 Å². The molecule has 0 unspecified atom stereocenters. The molecule has 0 aromatic heterocycles. The Kier molecular flexibility index (Phi) is 7.86. The van der Waals surface area contributed by atoms with Gasteiger partial charge in [-0.3, -0.25) is 9.59 Å². The van der Waals surface area contributed by atoms with Crippen molar-refractivity contribution < 1.29 is 14.3 Å². The molecule has 0 atom stereocenters. The van der Waals surface area contributed by atoms with Crippen molar-refractivity contribution in [3.05, 3.63) is 108 Å². The maximum absolute atomic E-state index is 12.3. The van der Waals surface area contributed by atoms with E-state index in [4.69, 9.17) is 4.74 Å². The maximum atomic E-state index is 12.3. The van der Waals surface area contributed by atoms with E-state index in [-0.39, 0.29) is 12.2 Å². The van der Waals surface area contributed by atoms with Crippen LogP contribution in [0.15, 0.2) is 91.0 Å². The summed E-state index contributed by atoms with van der Waals surface area (Å²) in [6, 6.07) is 31.1. The standard InChI is InChI=1S/C26H26O3S/c1-2-29-25(28)20-24(27)18-19-30-26(21-12-6-3-7-13-21,22-14-8-4-9-15-22)23-16-10-5-11-17-23/h3-17H,2,18-20H2,1H3. The minimum absolute atomic E-state index is 0.0935. The van der Waals surface area contributed by atoms with E-state index in [0.29, 0.717) is 18.8 Å². The molecule has 3 aromatic carbocycles. The van der Waals surface area contributed by atoms with E-state index in [1.54, 1.807) is 18.7 Å². The number of carbonyl (C=O) groups is 2. The van der Waals surface area contributed by atoms with E-state index in [2.05, 4.69) is 36.4 Å². The number of hydrogen-bond acceptors (Lipinski definition) is 4. The van der Waals surface area contributed by atoms with Gasteiger partial charge in [-0.1, -0.05) is 91.0 Å². The summed E-state index contributed by atoms with van der Waals surface area (Å²) in [4.78, 5) is 23.9. The van der Waals surface area contributed by atoms with Crippen LogP contribution in [0.3, 0.4) is 0 Å². The molecular formula is C26H26O3S. The van der Waals surface area contributed by atoms with Crippen LogP contribution in [0.2, 0.25) is 0 Å². The highest BCUT2D eigenvalue weighted by atomic mass is 32.2. The first-order chi connectivity index (χ1) is 14.7. The molecule has 0 amide bonds. The van der Waals surface area contributed by atoms with Crippen molar-refractivity contribution in [2.24, 2.45) is 0 Å². The van der Waals surface area contributed by atoms with Gasteiger partial charge in [0.1, 0.15) is 12.2 Å². The van der Waals surface area contributed by atoms with Gasteiger partial charge in [-0.25, -0.2) is 0 Å². The highest BCUT2D eigenvalue weighted by Crippen LogP contribution is 2.48. The fourth-order valence-corrected chi connectivity index (χ4v) is 5.09. The molecule has 3 nitrogen and oxygen atoms in total. The van der Waals surface area contributed by atoms with Crippen LogP contribution in [0.5, 0.6) is 0 Å². The van der Waals surface area contributed by atoms with Crippen molar-refractivity contribution in [3.8, 4) is 0 Å². The first-order valence-corrected chi connectivity index (χ1v) is 11.1. The second-order valence-corrected chi connectivity index (χ2v) is 8.21. The lowest BCUT2D eigenvalue weighted by molar-refractivity contribution is -0.145. The molecule has 0 aliphatic carbocycles. The number of esters is 1. The fraction of sp³-hybridized carbons (Fsp3) is 0.231. The summed E-state index contributed by atoms with van der Waals surface area (Å²) in [5.74, 6) is 0.0497. The molecule has 0 heterocycles. The number of carbonyl (C=O) groups excluding carboxylic acids is 2. The summed E-state index contributed by atoms with van der Waals surface area (Å²) in [6.45, 7) is 2.03.